The summed E-state index contributed by atoms with van der Waals surface area (Å²) < 4.78 is 8.16. The Morgan fingerprint density at radius 3 is 2.74 bits per heavy atom. The van der Waals surface area contributed by atoms with E-state index in [1.807, 2.05) is 54.8 Å². The van der Waals surface area contributed by atoms with Crippen molar-refractivity contribution in [3.05, 3.63) is 89.5 Å². The molecule has 1 aromatic heterocycles. The predicted molar refractivity (Wildman–Crippen MR) is 135 cm³/mol. The second-order valence-electron chi connectivity index (χ2n) is 7.82. The number of hydrogen-bond acceptors (Lipinski definition) is 5. The van der Waals surface area contributed by atoms with Gasteiger partial charge in [0.25, 0.3) is 0 Å². The van der Waals surface area contributed by atoms with Crippen LogP contribution in [-0.4, -0.2) is 21.9 Å². The Labute approximate surface area is 200 Å². The minimum absolute atomic E-state index is 0.0915. The molecule has 0 radical (unpaired) electrons. The van der Waals surface area contributed by atoms with E-state index >= 15 is 0 Å². The number of aromatic nitrogens is 2. The number of nitrogens with zero attached hydrogens (tertiary/aromatic N) is 3. The highest BCUT2D eigenvalue weighted by Crippen LogP contribution is 2.30. The minimum Gasteiger partial charge on any atom is -0.456 e. The molecule has 1 N–H and O–H groups in total. The molecular formula is C28H30N4O2. The van der Waals surface area contributed by atoms with Gasteiger partial charge < -0.3 is 14.6 Å². The van der Waals surface area contributed by atoms with Crippen LogP contribution in [0.1, 0.15) is 43.2 Å². The molecule has 174 valence electrons. The standard InChI is InChI=1S/C26H24N4O2.C2H6/c1-18-4-3-5-21-8-9-24(11-25(18)21)32-26-10-20(6-7-22(26)12-27)16-30-17-29-15-23(30)14-28-13-19(2)31;1-2/h3-11,15,17,28H,13-14,16H2,1-2H3;1-2H3. The van der Waals surface area contributed by atoms with Crippen molar-refractivity contribution in [3.8, 4) is 17.6 Å². The second-order valence-corrected chi connectivity index (χ2v) is 7.82. The first kappa shape index (κ1) is 24.7. The summed E-state index contributed by atoms with van der Waals surface area (Å²) in [6.07, 6.45) is 3.54. The number of rotatable bonds is 8. The molecule has 0 aliphatic rings. The van der Waals surface area contributed by atoms with E-state index in [9.17, 15) is 10.1 Å². The molecule has 0 bridgehead atoms. The quantitative estimate of drug-likeness (QED) is 0.366. The number of hydrogen-bond donors (Lipinski definition) is 1. The SMILES string of the molecule is CC.CC(=O)CNCc1cncn1Cc1ccc(C#N)c(Oc2ccc3cccc(C)c3c2)c1. The third-order valence-corrected chi connectivity index (χ3v) is 5.30. The van der Waals surface area contributed by atoms with Crippen LogP contribution in [0.15, 0.2) is 67.1 Å². The summed E-state index contributed by atoms with van der Waals surface area (Å²) in [5.41, 5.74) is 3.62. The van der Waals surface area contributed by atoms with Gasteiger partial charge in [0.15, 0.2) is 0 Å². The molecule has 34 heavy (non-hydrogen) atoms. The Hall–Kier alpha value is -3.95. The Morgan fingerprint density at radius 1 is 1.15 bits per heavy atom. The van der Waals surface area contributed by atoms with Crippen molar-refractivity contribution >= 4 is 16.6 Å². The zero-order valence-corrected chi connectivity index (χ0v) is 20.1. The van der Waals surface area contributed by atoms with Gasteiger partial charge in [-0.15, -0.1) is 0 Å². The number of benzene rings is 3. The number of aryl methyl sites for hydroxylation is 1. The number of carbonyl (C=O) groups is 1. The summed E-state index contributed by atoms with van der Waals surface area (Å²) in [5.74, 6) is 1.31. The van der Waals surface area contributed by atoms with Crippen molar-refractivity contribution in [3.63, 3.8) is 0 Å². The number of ether oxygens (including phenoxy) is 1. The molecule has 0 atom stereocenters. The highest BCUT2D eigenvalue weighted by Gasteiger charge is 2.10. The fourth-order valence-corrected chi connectivity index (χ4v) is 3.64. The van der Waals surface area contributed by atoms with E-state index in [-0.39, 0.29) is 5.78 Å². The van der Waals surface area contributed by atoms with E-state index in [4.69, 9.17) is 4.74 Å². The zero-order chi connectivity index (χ0) is 24.5. The van der Waals surface area contributed by atoms with Gasteiger partial charge in [-0.25, -0.2) is 4.98 Å². The Kier molecular flexibility index (Phi) is 8.55. The summed E-state index contributed by atoms with van der Waals surface area (Å²) in [6.45, 7) is 9.08. The molecule has 0 spiro atoms. The molecule has 3 aromatic carbocycles. The van der Waals surface area contributed by atoms with Gasteiger partial charge >= 0.3 is 0 Å². The summed E-state index contributed by atoms with van der Waals surface area (Å²) in [7, 11) is 0. The van der Waals surface area contributed by atoms with Gasteiger partial charge in [0.05, 0.1) is 24.1 Å². The largest absolute Gasteiger partial charge is 0.456 e. The average molecular weight is 455 g/mol. The van der Waals surface area contributed by atoms with Crippen LogP contribution >= 0.6 is 0 Å². The van der Waals surface area contributed by atoms with Crippen molar-refractivity contribution in [1.29, 1.82) is 5.26 Å². The smallest absolute Gasteiger partial charge is 0.145 e. The van der Waals surface area contributed by atoms with E-state index in [0.29, 0.717) is 36.7 Å². The number of imidazole rings is 1. The number of fused-ring (bicyclic) bond motifs is 1. The van der Waals surface area contributed by atoms with Gasteiger partial charge in [0.1, 0.15) is 23.4 Å². The first-order chi connectivity index (χ1) is 16.5. The van der Waals surface area contributed by atoms with E-state index in [1.54, 1.807) is 25.5 Å². The van der Waals surface area contributed by atoms with Gasteiger partial charge in [-0.1, -0.05) is 44.2 Å². The molecule has 0 saturated heterocycles. The highest BCUT2D eigenvalue weighted by molar-refractivity contribution is 5.86. The van der Waals surface area contributed by atoms with Crippen LogP contribution < -0.4 is 10.1 Å². The topological polar surface area (TPSA) is 79.9 Å². The van der Waals surface area contributed by atoms with Crippen molar-refractivity contribution < 1.29 is 9.53 Å². The van der Waals surface area contributed by atoms with Gasteiger partial charge in [-0.05, 0) is 60.0 Å². The Balaban J connectivity index is 0.00000158. The lowest BCUT2D eigenvalue weighted by molar-refractivity contribution is -0.116. The molecule has 0 amide bonds. The molecule has 0 aliphatic carbocycles. The van der Waals surface area contributed by atoms with E-state index in [1.165, 1.54) is 5.56 Å². The van der Waals surface area contributed by atoms with Crippen LogP contribution in [0.3, 0.4) is 0 Å². The molecule has 0 fully saturated rings. The molecule has 4 aromatic rings. The maximum Gasteiger partial charge on any atom is 0.145 e. The van der Waals surface area contributed by atoms with Crippen LogP contribution in [0.2, 0.25) is 0 Å². The molecule has 0 unspecified atom stereocenters. The monoisotopic (exact) mass is 454 g/mol. The molecular weight excluding hydrogens is 424 g/mol. The van der Waals surface area contributed by atoms with Crippen LogP contribution in [-0.2, 0) is 17.9 Å². The lowest BCUT2D eigenvalue weighted by Gasteiger charge is -2.13. The molecule has 1 heterocycles. The predicted octanol–water partition coefficient (Wildman–Crippen LogP) is 5.76. The first-order valence-corrected chi connectivity index (χ1v) is 11.4. The Morgan fingerprint density at radius 2 is 1.97 bits per heavy atom. The molecule has 4 rings (SSSR count). The summed E-state index contributed by atoms with van der Waals surface area (Å²) in [5, 5.41) is 15.0. The molecule has 0 aliphatic heterocycles. The number of carbonyl (C=O) groups excluding carboxylic acids is 1. The van der Waals surface area contributed by atoms with Crippen molar-refractivity contribution in [2.45, 2.75) is 40.8 Å². The third kappa shape index (κ3) is 6.09. The van der Waals surface area contributed by atoms with E-state index in [2.05, 4.69) is 35.4 Å². The number of nitrogens with one attached hydrogen (secondary N) is 1. The normalized spacial score (nSPS) is 10.3. The maximum absolute atomic E-state index is 11.2. The average Bonchev–Trinajstić information content (AvgIpc) is 3.27. The van der Waals surface area contributed by atoms with Crippen LogP contribution in [0.4, 0.5) is 0 Å². The summed E-state index contributed by atoms with van der Waals surface area (Å²) >= 11 is 0. The van der Waals surface area contributed by atoms with E-state index in [0.717, 1.165) is 22.0 Å². The fourth-order valence-electron chi connectivity index (χ4n) is 3.64. The Bertz CT molecular complexity index is 1320. The van der Waals surface area contributed by atoms with Crippen LogP contribution in [0, 0.1) is 18.3 Å². The number of ketones is 1. The molecule has 0 saturated carbocycles. The molecule has 6 nitrogen and oxygen atoms in total. The van der Waals surface area contributed by atoms with Crippen LogP contribution in [0.25, 0.3) is 10.8 Å². The van der Waals surface area contributed by atoms with Gasteiger partial charge in [0.2, 0.25) is 0 Å². The lowest BCUT2D eigenvalue weighted by Crippen LogP contribution is -2.22. The van der Waals surface area contributed by atoms with Gasteiger partial charge in [0, 0.05) is 19.3 Å². The number of nitriles is 1. The highest BCUT2D eigenvalue weighted by atomic mass is 16.5. The van der Waals surface area contributed by atoms with Crippen molar-refractivity contribution in [2.24, 2.45) is 0 Å². The first-order valence-electron chi connectivity index (χ1n) is 11.4. The van der Waals surface area contributed by atoms with Crippen LogP contribution in [0.5, 0.6) is 11.5 Å². The van der Waals surface area contributed by atoms with Crippen molar-refractivity contribution in [1.82, 2.24) is 14.9 Å². The summed E-state index contributed by atoms with van der Waals surface area (Å²) in [6, 6.07) is 19.9. The summed E-state index contributed by atoms with van der Waals surface area (Å²) in [4.78, 5) is 15.4. The minimum atomic E-state index is 0.0915. The van der Waals surface area contributed by atoms with Gasteiger partial charge in [-0.2, -0.15) is 5.26 Å². The lowest BCUT2D eigenvalue weighted by atomic mass is 10.1. The zero-order valence-electron chi connectivity index (χ0n) is 20.1. The van der Waals surface area contributed by atoms with Gasteiger partial charge in [-0.3, -0.25) is 4.79 Å². The van der Waals surface area contributed by atoms with E-state index < -0.39 is 0 Å². The van der Waals surface area contributed by atoms with Crippen molar-refractivity contribution in [2.75, 3.05) is 6.54 Å². The third-order valence-electron chi connectivity index (χ3n) is 5.30. The second kappa shape index (κ2) is 11.8. The number of Topliss-reactive ketones (excluding diaryl/α,β-unsaturated/α-hetero) is 1. The molecule has 6 heteroatoms. The fraction of sp³-hybridized carbons (Fsp3) is 0.250. The maximum atomic E-state index is 11.2.